The van der Waals surface area contributed by atoms with Gasteiger partial charge in [0, 0.05) is 17.5 Å². The average molecular weight is 300 g/mol. The number of ketones is 1. The molecule has 2 aromatic rings. The van der Waals surface area contributed by atoms with E-state index in [0.717, 1.165) is 24.0 Å². The normalized spacial score (nSPS) is 15.3. The fourth-order valence-electron chi connectivity index (χ4n) is 2.72. The Kier molecular flexibility index (Phi) is 4.20. The van der Waals surface area contributed by atoms with Gasteiger partial charge in [0.15, 0.2) is 5.78 Å². The fraction of sp³-hybridized carbons (Fsp3) is 0.278. The van der Waals surface area contributed by atoms with Crippen LogP contribution in [0.25, 0.3) is 0 Å². The van der Waals surface area contributed by atoms with Crippen molar-refractivity contribution < 1.29 is 19.0 Å². The Bertz CT molecular complexity index is 696. The van der Waals surface area contributed by atoms with E-state index in [4.69, 9.17) is 4.74 Å². The van der Waals surface area contributed by atoms with Gasteiger partial charge in [-0.25, -0.2) is 4.39 Å². The molecule has 1 unspecified atom stereocenters. The largest absolute Gasteiger partial charge is 0.491 e. The van der Waals surface area contributed by atoms with Crippen LogP contribution in [0.2, 0.25) is 0 Å². The molecule has 1 aliphatic carbocycles. The predicted octanol–water partition coefficient (Wildman–Crippen LogP) is 3.46. The van der Waals surface area contributed by atoms with Gasteiger partial charge in [0.25, 0.3) is 0 Å². The van der Waals surface area contributed by atoms with Gasteiger partial charge in [-0.15, -0.1) is 0 Å². The molecule has 4 heteroatoms. The molecule has 3 nitrogen and oxygen atoms in total. The third kappa shape index (κ3) is 3.02. The van der Waals surface area contributed by atoms with Crippen molar-refractivity contribution in [3.05, 3.63) is 65.0 Å². The summed E-state index contributed by atoms with van der Waals surface area (Å²) < 4.78 is 19.1. The minimum atomic E-state index is -1.03. The van der Waals surface area contributed by atoms with Crippen LogP contribution in [-0.2, 0) is 6.42 Å². The molecule has 114 valence electrons. The zero-order chi connectivity index (χ0) is 15.5. The van der Waals surface area contributed by atoms with E-state index in [0.29, 0.717) is 12.2 Å². The summed E-state index contributed by atoms with van der Waals surface area (Å²) in [6.45, 7) is -0.0341. The minimum absolute atomic E-state index is 0.0341. The number of aryl methyl sites for hydroxylation is 1. The van der Waals surface area contributed by atoms with Crippen LogP contribution in [0, 0.1) is 5.82 Å². The molecule has 1 atom stereocenters. The molecule has 0 bridgehead atoms. The van der Waals surface area contributed by atoms with Crippen molar-refractivity contribution in [2.45, 2.75) is 25.4 Å². The number of Topliss-reactive ketones (excluding diaryl/α,β-unsaturated/α-hetero) is 1. The molecule has 0 amide bonds. The number of fused-ring (bicyclic) bond motifs is 1. The van der Waals surface area contributed by atoms with Gasteiger partial charge in [-0.05, 0) is 42.7 Å². The van der Waals surface area contributed by atoms with E-state index in [1.165, 1.54) is 12.1 Å². The molecule has 0 saturated carbocycles. The Morgan fingerprint density at radius 1 is 1.18 bits per heavy atom. The molecular formula is C18H17FO3. The van der Waals surface area contributed by atoms with E-state index >= 15 is 0 Å². The highest BCUT2D eigenvalue weighted by Gasteiger charge is 2.18. The first-order valence-corrected chi connectivity index (χ1v) is 7.36. The molecule has 0 fully saturated rings. The lowest BCUT2D eigenvalue weighted by atomic mass is 9.90. The summed E-state index contributed by atoms with van der Waals surface area (Å²) in [6, 6.07) is 11.4. The number of rotatable bonds is 4. The number of aliphatic hydroxyl groups excluding tert-OH is 1. The molecule has 0 heterocycles. The Balaban J connectivity index is 1.69. The van der Waals surface area contributed by atoms with E-state index in [1.54, 1.807) is 24.3 Å². The third-order valence-electron chi connectivity index (χ3n) is 3.90. The quantitative estimate of drug-likeness (QED) is 0.940. The molecule has 0 aliphatic heterocycles. The van der Waals surface area contributed by atoms with E-state index in [9.17, 15) is 14.3 Å². The molecule has 22 heavy (non-hydrogen) atoms. The van der Waals surface area contributed by atoms with Crippen LogP contribution >= 0.6 is 0 Å². The monoisotopic (exact) mass is 300 g/mol. The maximum atomic E-state index is 13.6. The summed E-state index contributed by atoms with van der Waals surface area (Å²) >= 11 is 0. The number of aliphatic hydroxyl groups is 1. The van der Waals surface area contributed by atoms with E-state index in [1.807, 2.05) is 6.07 Å². The first-order chi connectivity index (χ1) is 10.6. The van der Waals surface area contributed by atoms with Gasteiger partial charge >= 0.3 is 0 Å². The van der Waals surface area contributed by atoms with E-state index in [-0.39, 0.29) is 18.0 Å². The number of hydrogen-bond donors (Lipinski definition) is 1. The van der Waals surface area contributed by atoms with Crippen LogP contribution in [0.4, 0.5) is 4.39 Å². The van der Waals surface area contributed by atoms with Crippen LogP contribution in [0.5, 0.6) is 5.75 Å². The van der Waals surface area contributed by atoms with Gasteiger partial charge in [0.05, 0.1) is 0 Å². The average Bonchev–Trinajstić information content (AvgIpc) is 2.53. The summed E-state index contributed by atoms with van der Waals surface area (Å²) in [7, 11) is 0. The highest BCUT2D eigenvalue weighted by Crippen LogP contribution is 2.26. The zero-order valence-electron chi connectivity index (χ0n) is 12.1. The van der Waals surface area contributed by atoms with Crippen molar-refractivity contribution in [3.63, 3.8) is 0 Å². The molecule has 0 saturated heterocycles. The first kappa shape index (κ1) is 14.7. The molecule has 2 aromatic carbocycles. The predicted molar refractivity (Wildman–Crippen MR) is 80.6 cm³/mol. The van der Waals surface area contributed by atoms with Crippen LogP contribution in [0.1, 0.15) is 40.4 Å². The molecule has 3 rings (SSSR count). The Labute approximate surface area is 128 Å². The fourth-order valence-corrected chi connectivity index (χ4v) is 2.72. The Morgan fingerprint density at radius 2 is 2.00 bits per heavy atom. The summed E-state index contributed by atoms with van der Waals surface area (Å²) in [5, 5.41) is 10.0. The third-order valence-corrected chi connectivity index (χ3v) is 3.90. The molecule has 0 spiro atoms. The van der Waals surface area contributed by atoms with Crippen molar-refractivity contribution in [1.82, 2.24) is 0 Å². The highest BCUT2D eigenvalue weighted by molar-refractivity contribution is 5.98. The highest BCUT2D eigenvalue weighted by atomic mass is 19.1. The number of ether oxygens (including phenoxy) is 1. The van der Waals surface area contributed by atoms with Crippen molar-refractivity contribution in [2.75, 3.05) is 6.61 Å². The summed E-state index contributed by atoms with van der Waals surface area (Å²) in [6.07, 6.45) is 1.28. The maximum absolute atomic E-state index is 13.6. The first-order valence-electron chi connectivity index (χ1n) is 7.36. The Hall–Kier alpha value is -2.20. The number of carbonyl (C=O) groups excluding carboxylic acids is 1. The van der Waals surface area contributed by atoms with Gasteiger partial charge < -0.3 is 9.84 Å². The second-order valence-corrected chi connectivity index (χ2v) is 5.44. The van der Waals surface area contributed by atoms with E-state index in [2.05, 4.69) is 0 Å². The zero-order valence-corrected chi connectivity index (χ0v) is 12.1. The smallest absolute Gasteiger partial charge is 0.163 e. The molecular weight excluding hydrogens is 283 g/mol. The number of benzene rings is 2. The molecule has 1 aliphatic rings. The number of halogens is 1. The lowest BCUT2D eigenvalue weighted by Crippen LogP contribution is -2.13. The number of hydrogen-bond acceptors (Lipinski definition) is 3. The lowest BCUT2D eigenvalue weighted by Gasteiger charge is -2.17. The molecule has 0 aromatic heterocycles. The van der Waals surface area contributed by atoms with Gasteiger partial charge in [-0.3, -0.25) is 4.79 Å². The minimum Gasteiger partial charge on any atom is -0.491 e. The summed E-state index contributed by atoms with van der Waals surface area (Å²) in [5.74, 6) is 0.303. The standard InChI is InChI=1S/C18H17FO3/c19-16-6-2-1-5-15(16)18(21)11-22-13-8-9-14-12(10-13)4-3-7-17(14)20/h1-2,5-6,8-10,18,21H,3-4,7,11H2. The maximum Gasteiger partial charge on any atom is 0.163 e. The summed E-state index contributed by atoms with van der Waals surface area (Å²) in [5.41, 5.74) is 1.96. The van der Waals surface area contributed by atoms with Crippen LogP contribution in [-0.4, -0.2) is 17.5 Å². The Morgan fingerprint density at radius 3 is 2.82 bits per heavy atom. The van der Waals surface area contributed by atoms with Crippen molar-refractivity contribution in [2.24, 2.45) is 0 Å². The van der Waals surface area contributed by atoms with Crippen molar-refractivity contribution >= 4 is 5.78 Å². The van der Waals surface area contributed by atoms with Crippen molar-refractivity contribution in [3.8, 4) is 5.75 Å². The van der Waals surface area contributed by atoms with Gasteiger partial charge in [0.1, 0.15) is 24.3 Å². The SMILES string of the molecule is O=C1CCCc2cc(OCC(O)c3ccccc3F)ccc21. The number of carbonyl (C=O) groups is 1. The van der Waals surface area contributed by atoms with Crippen LogP contribution in [0.3, 0.4) is 0 Å². The second kappa shape index (κ2) is 6.28. The topological polar surface area (TPSA) is 46.5 Å². The van der Waals surface area contributed by atoms with Gasteiger partial charge in [-0.1, -0.05) is 18.2 Å². The van der Waals surface area contributed by atoms with Gasteiger partial charge in [0.2, 0.25) is 0 Å². The van der Waals surface area contributed by atoms with Crippen molar-refractivity contribution in [1.29, 1.82) is 0 Å². The second-order valence-electron chi connectivity index (χ2n) is 5.44. The van der Waals surface area contributed by atoms with Gasteiger partial charge in [-0.2, -0.15) is 0 Å². The van der Waals surface area contributed by atoms with Crippen LogP contribution in [0.15, 0.2) is 42.5 Å². The lowest BCUT2D eigenvalue weighted by molar-refractivity contribution is 0.0970. The van der Waals surface area contributed by atoms with E-state index < -0.39 is 11.9 Å². The summed E-state index contributed by atoms with van der Waals surface area (Å²) in [4.78, 5) is 11.8. The molecule has 0 radical (unpaired) electrons. The van der Waals surface area contributed by atoms with Crippen LogP contribution < -0.4 is 4.74 Å². The molecule has 1 N–H and O–H groups in total.